The second kappa shape index (κ2) is 10.4. The van der Waals surface area contributed by atoms with Crippen LogP contribution in [-0.4, -0.2) is 51.7 Å². The normalized spacial score (nSPS) is 19.7. The van der Waals surface area contributed by atoms with E-state index in [0.717, 1.165) is 17.0 Å². The lowest BCUT2D eigenvalue weighted by atomic mass is 9.85. The van der Waals surface area contributed by atoms with Crippen molar-refractivity contribution in [2.75, 3.05) is 6.54 Å². The van der Waals surface area contributed by atoms with Gasteiger partial charge >= 0.3 is 0 Å². The Bertz CT molecular complexity index is 968. The van der Waals surface area contributed by atoms with E-state index in [4.69, 9.17) is 0 Å². The molecule has 2 heterocycles. The topological polar surface area (TPSA) is 77.5 Å². The first-order chi connectivity index (χ1) is 15.5. The zero-order valence-corrected chi connectivity index (χ0v) is 21.5. The van der Waals surface area contributed by atoms with Gasteiger partial charge in [0.05, 0.1) is 34.3 Å². The molecule has 33 heavy (non-hydrogen) atoms. The largest absolute Gasteiger partial charge is 0.391 e. The highest BCUT2D eigenvalue weighted by atomic mass is 32.1. The summed E-state index contributed by atoms with van der Waals surface area (Å²) in [7, 11) is 0. The van der Waals surface area contributed by atoms with E-state index in [1.54, 1.807) is 16.2 Å². The standard InChI is InChI=1S/C26H38N4O2S.H2/c1-16(2)29-24(26(5,6)7)25(32)30-14-21(31)12-22(30)17(3)27-13-19-8-10-20(11-9-19)23-18(4)28-15-33-23;/h8-11,15-16,21-22,24,27,29,31H,3,12-14H2,1-2,4-7H3;1H/t21-,22+,24+;/m1./s1. The van der Waals surface area contributed by atoms with Gasteiger partial charge < -0.3 is 20.6 Å². The van der Waals surface area contributed by atoms with Crippen LogP contribution in [0, 0.1) is 12.3 Å². The summed E-state index contributed by atoms with van der Waals surface area (Å²) in [5.74, 6) is 0.0185. The van der Waals surface area contributed by atoms with Crippen molar-refractivity contribution in [2.24, 2.45) is 5.41 Å². The van der Waals surface area contributed by atoms with E-state index >= 15 is 0 Å². The van der Waals surface area contributed by atoms with Gasteiger partial charge in [-0.2, -0.15) is 0 Å². The van der Waals surface area contributed by atoms with Gasteiger partial charge in [0.25, 0.3) is 0 Å². The zero-order valence-electron chi connectivity index (χ0n) is 20.7. The molecule has 2 aromatic rings. The Morgan fingerprint density at radius 1 is 1.33 bits per heavy atom. The van der Waals surface area contributed by atoms with E-state index in [2.05, 4.69) is 67.2 Å². The summed E-state index contributed by atoms with van der Waals surface area (Å²) in [6.45, 7) is 17.5. The van der Waals surface area contributed by atoms with Crippen LogP contribution < -0.4 is 10.6 Å². The number of β-amino-alcohol motifs (C(OH)–C–C–N with tert-alkyl or cyclic N) is 1. The molecule has 182 valence electrons. The Labute approximate surface area is 203 Å². The van der Waals surface area contributed by atoms with Crippen molar-refractivity contribution in [2.45, 2.75) is 78.7 Å². The molecule has 3 rings (SSSR count). The van der Waals surface area contributed by atoms with Gasteiger partial charge in [-0.05, 0) is 23.5 Å². The smallest absolute Gasteiger partial charge is 0.240 e. The number of carbonyl (C=O) groups excluding carboxylic acids is 1. The highest BCUT2D eigenvalue weighted by molar-refractivity contribution is 7.13. The molecule has 3 atom stereocenters. The van der Waals surface area contributed by atoms with E-state index in [-0.39, 0.29) is 30.9 Å². The number of hydrogen-bond donors (Lipinski definition) is 3. The van der Waals surface area contributed by atoms with Crippen LogP contribution in [-0.2, 0) is 11.3 Å². The van der Waals surface area contributed by atoms with Crippen molar-refractivity contribution in [3.8, 4) is 10.4 Å². The number of aryl methyl sites for hydroxylation is 1. The predicted molar refractivity (Wildman–Crippen MR) is 138 cm³/mol. The molecule has 1 fully saturated rings. The quantitative estimate of drug-likeness (QED) is 0.533. The number of likely N-dealkylation sites (tertiary alicyclic amines) is 1. The number of amides is 1. The number of aromatic nitrogens is 1. The van der Waals surface area contributed by atoms with Crippen molar-refractivity contribution in [3.05, 3.63) is 53.3 Å². The Balaban J connectivity index is 0.00000408. The maximum absolute atomic E-state index is 13.5. The minimum atomic E-state index is -0.543. The van der Waals surface area contributed by atoms with Gasteiger partial charge in [-0.1, -0.05) is 65.5 Å². The first-order valence-electron chi connectivity index (χ1n) is 11.6. The summed E-state index contributed by atoms with van der Waals surface area (Å²) in [5.41, 5.74) is 5.73. The fourth-order valence-corrected chi connectivity index (χ4v) is 5.08. The molecule has 6 nitrogen and oxygen atoms in total. The second-order valence-corrected chi connectivity index (χ2v) is 11.2. The monoisotopic (exact) mass is 472 g/mol. The summed E-state index contributed by atoms with van der Waals surface area (Å²) >= 11 is 1.65. The highest BCUT2D eigenvalue weighted by Gasteiger charge is 2.42. The predicted octanol–water partition coefficient (Wildman–Crippen LogP) is 4.34. The van der Waals surface area contributed by atoms with Gasteiger partial charge in [0.1, 0.15) is 0 Å². The first-order valence-corrected chi connectivity index (χ1v) is 12.5. The number of benzene rings is 1. The van der Waals surface area contributed by atoms with Gasteiger partial charge in [-0.3, -0.25) is 4.79 Å². The van der Waals surface area contributed by atoms with Crippen LogP contribution in [0.15, 0.2) is 42.1 Å². The SMILES string of the molecule is C=C(NCc1ccc(-c2scnc2C)cc1)[C@@H]1C[C@@H](O)CN1C(=O)[C@H](NC(C)C)C(C)(C)C.[HH]. The van der Waals surface area contributed by atoms with Crippen molar-refractivity contribution in [1.82, 2.24) is 20.5 Å². The maximum atomic E-state index is 13.5. The number of nitrogens with zero attached hydrogens (tertiary/aromatic N) is 2. The lowest BCUT2D eigenvalue weighted by molar-refractivity contribution is -0.137. The summed E-state index contributed by atoms with van der Waals surface area (Å²) in [5, 5.41) is 17.2. The molecule has 0 saturated carbocycles. The number of hydrogen-bond acceptors (Lipinski definition) is 6. The van der Waals surface area contributed by atoms with Crippen LogP contribution in [0.5, 0.6) is 0 Å². The third-order valence-corrected chi connectivity index (χ3v) is 7.04. The number of rotatable bonds is 8. The van der Waals surface area contributed by atoms with E-state index in [1.165, 1.54) is 10.4 Å². The molecule has 3 N–H and O–H groups in total. The Kier molecular flexibility index (Phi) is 7.98. The summed E-state index contributed by atoms with van der Waals surface area (Å²) in [6, 6.07) is 8.04. The first kappa shape index (κ1) is 25.4. The second-order valence-electron chi connectivity index (χ2n) is 10.4. The lowest BCUT2D eigenvalue weighted by Crippen LogP contribution is -2.56. The van der Waals surface area contributed by atoms with Gasteiger partial charge in [0.15, 0.2) is 0 Å². The molecule has 0 radical (unpaired) electrons. The average molecular weight is 473 g/mol. The third kappa shape index (κ3) is 6.22. The molecule has 0 spiro atoms. The molecule has 1 saturated heterocycles. The Morgan fingerprint density at radius 2 is 2.00 bits per heavy atom. The number of thiazole rings is 1. The fourth-order valence-electron chi connectivity index (χ4n) is 4.26. The summed E-state index contributed by atoms with van der Waals surface area (Å²) in [6.07, 6.45) is -0.0428. The molecule has 1 aromatic carbocycles. The number of nitrogens with one attached hydrogen (secondary N) is 2. The minimum Gasteiger partial charge on any atom is -0.391 e. The van der Waals surface area contributed by atoms with Crippen molar-refractivity contribution in [1.29, 1.82) is 0 Å². The zero-order chi connectivity index (χ0) is 24.3. The summed E-state index contributed by atoms with van der Waals surface area (Å²) in [4.78, 5) is 20.8. The van der Waals surface area contributed by atoms with E-state index in [1.807, 2.05) is 26.3 Å². The van der Waals surface area contributed by atoms with E-state index in [9.17, 15) is 9.90 Å². The molecule has 1 aliphatic heterocycles. The van der Waals surface area contributed by atoms with E-state index in [0.29, 0.717) is 19.5 Å². The molecule has 0 aliphatic carbocycles. The summed E-state index contributed by atoms with van der Waals surface area (Å²) < 4.78 is 0. The fraction of sp³-hybridized carbons (Fsp3) is 0.538. The van der Waals surface area contributed by atoms with Gasteiger partial charge in [0, 0.05) is 32.7 Å². The molecule has 1 aromatic heterocycles. The van der Waals surface area contributed by atoms with Gasteiger partial charge in [-0.15, -0.1) is 11.3 Å². The average Bonchev–Trinajstić information content (AvgIpc) is 3.35. The van der Waals surface area contributed by atoms with Gasteiger partial charge in [0.2, 0.25) is 5.91 Å². The minimum absolute atomic E-state index is 0. The lowest BCUT2D eigenvalue weighted by Gasteiger charge is -2.37. The molecule has 1 aliphatic rings. The highest BCUT2D eigenvalue weighted by Crippen LogP contribution is 2.29. The van der Waals surface area contributed by atoms with Crippen molar-refractivity contribution < 1.29 is 11.3 Å². The van der Waals surface area contributed by atoms with Crippen LogP contribution >= 0.6 is 11.3 Å². The number of aliphatic hydroxyl groups excluding tert-OH is 1. The molecular weight excluding hydrogens is 432 g/mol. The van der Waals surface area contributed by atoms with Gasteiger partial charge in [-0.25, -0.2) is 4.98 Å². The van der Waals surface area contributed by atoms with Crippen LogP contribution in [0.2, 0.25) is 0 Å². The Hall–Kier alpha value is -2.22. The van der Waals surface area contributed by atoms with Crippen LogP contribution in [0.4, 0.5) is 0 Å². The number of carbonyl (C=O) groups is 1. The van der Waals surface area contributed by atoms with Crippen molar-refractivity contribution in [3.63, 3.8) is 0 Å². The molecule has 1 amide bonds. The molecule has 7 heteroatoms. The van der Waals surface area contributed by atoms with Crippen LogP contribution in [0.1, 0.15) is 53.7 Å². The number of aliphatic hydroxyl groups is 1. The maximum Gasteiger partial charge on any atom is 0.240 e. The van der Waals surface area contributed by atoms with Crippen molar-refractivity contribution >= 4 is 17.2 Å². The molecule has 0 bridgehead atoms. The van der Waals surface area contributed by atoms with E-state index < -0.39 is 6.10 Å². The van der Waals surface area contributed by atoms with Crippen LogP contribution in [0.25, 0.3) is 10.4 Å². The molecular formula is C26H40N4O2S. The third-order valence-electron chi connectivity index (χ3n) is 6.06. The molecule has 0 unspecified atom stereocenters. The Morgan fingerprint density at radius 3 is 2.55 bits per heavy atom. The van der Waals surface area contributed by atoms with Crippen LogP contribution in [0.3, 0.4) is 0 Å².